The smallest absolute Gasteiger partial charge is 0.147 e. The van der Waals surface area contributed by atoms with Crippen LogP contribution in [0.4, 0.5) is 0 Å². The molecule has 1 heterocycles. The van der Waals surface area contributed by atoms with Crippen LogP contribution >= 0.6 is 0 Å². The highest BCUT2D eigenvalue weighted by Gasteiger charge is 2.02. The molecule has 1 N–H and O–H groups in total. The van der Waals surface area contributed by atoms with Crippen LogP contribution in [0.1, 0.15) is 25.5 Å². The van der Waals surface area contributed by atoms with Gasteiger partial charge in [0, 0.05) is 26.1 Å². The van der Waals surface area contributed by atoms with E-state index in [1.807, 2.05) is 18.7 Å². The van der Waals surface area contributed by atoms with E-state index >= 15 is 0 Å². The van der Waals surface area contributed by atoms with Gasteiger partial charge in [0.2, 0.25) is 0 Å². The van der Waals surface area contributed by atoms with Crippen molar-refractivity contribution in [3.05, 3.63) is 11.6 Å². The van der Waals surface area contributed by atoms with Crippen LogP contribution < -0.4 is 5.32 Å². The Hall–Kier alpha value is -0.900. The summed E-state index contributed by atoms with van der Waals surface area (Å²) in [6.07, 6.45) is 0.940. The molecular formula is C9H18N4. The Bertz CT molecular complexity index is 265. The van der Waals surface area contributed by atoms with Crippen molar-refractivity contribution in [2.24, 2.45) is 7.05 Å². The second-order valence-electron chi connectivity index (χ2n) is 3.56. The SMILES string of the molecule is Cc1nc(CCNC(C)C)n(C)n1. The Balaban J connectivity index is 2.40. The Kier molecular flexibility index (Phi) is 3.42. The van der Waals surface area contributed by atoms with E-state index in [1.54, 1.807) is 0 Å². The number of nitrogens with zero attached hydrogens (tertiary/aromatic N) is 3. The minimum atomic E-state index is 0.536. The Morgan fingerprint density at radius 2 is 2.15 bits per heavy atom. The Morgan fingerprint density at radius 3 is 2.62 bits per heavy atom. The molecule has 1 rings (SSSR count). The van der Waals surface area contributed by atoms with Crippen molar-refractivity contribution in [1.82, 2.24) is 20.1 Å². The molecule has 1 aromatic heterocycles. The van der Waals surface area contributed by atoms with Gasteiger partial charge in [0.05, 0.1) is 0 Å². The van der Waals surface area contributed by atoms with Crippen LogP contribution in [0.5, 0.6) is 0 Å². The molecule has 1 aromatic rings. The average Bonchev–Trinajstić information content (AvgIpc) is 2.29. The van der Waals surface area contributed by atoms with Gasteiger partial charge >= 0.3 is 0 Å². The van der Waals surface area contributed by atoms with E-state index in [4.69, 9.17) is 0 Å². The summed E-state index contributed by atoms with van der Waals surface area (Å²) in [5, 5.41) is 7.54. The summed E-state index contributed by atoms with van der Waals surface area (Å²) in [5.41, 5.74) is 0. The molecule has 0 bridgehead atoms. The minimum Gasteiger partial charge on any atom is -0.314 e. The fraction of sp³-hybridized carbons (Fsp3) is 0.778. The Labute approximate surface area is 79.4 Å². The zero-order valence-electron chi connectivity index (χ0n) is 8.83. The lowest BCUT2D eigenvalue weighted by molar-refractivity contribution is 0.571. The van der Waals surface area contributed by atoms with Crippen molar-refractivity contribution in [1.29, 1.82) is 0 Å². The maximum Gasteiger partial charge on any atom is 0.147 e. The van der Waals surface area contributed by atoms with E-state index in [0.717, 1.165) is 24.6 Å². The van der Waals surface area contributed by atoms with Gasteiger partial charge in [-0.3, -0.25) is 4.68 Å². The van der Waals surface area contributed by atoms with E-state index in [9.17, 15) is 0 Å². The number of hydrogen-bond donors (Lipinski definition) is 1. The third-order valence-corrected chi connectivity index (χ3v) is 1.86. The second-order valence-corrected chi connectivity index (χ2v) is 3.56. The summed E-state index contributed by atoms with van der Waals surface area (Å²) in [6.45, 7) is 7.16. The first-order valence-electron chi connectivity index (χ1n) is 4.69. The molecule has 74 valence electrons. The van der Waals surface area contributed by atoms with Gasteiger partial charge in [-0.25, -0.2) is 4.98 Å². The summed E-state index contributed by atoms with van der Waals surface area (Å²) in [4.78, 5) is 4.32. The average molecular weight is 182 g/mol. The maximum atomic E-state index is 4.32. The first-order valence-corrected chi connectivity index (χ1v) is 4.69. The molecule has 0 unspecified atom stereocenters. The standard InChI is InChI=1S/C9H18N4/c1-7(2)10-6-5-9-11-8(3)12-13(9)4/h7,10H,5-6H2,1-4H3. The summed E-state index contributed by atoms with van der Waals surface area (Å²) >= 11 is 0. The Morgan fingerprint density at radius 1 is 1.46 bits per heavy atom. The summed E-state index contributed by atoms with van der Waals surface area (Å²) in [5.74, 6) is 1.90. The molecule has 0 saturated heterocycles. The number of aromatic nitrogens is 3. The van der Waals surface area contributed by atoms with E-state index in [0.29, 0.717) is 6.04 Å². The van der Waals surface area contributed by atoms with Crippen molar-refractivity contribution in [2.75, 3.05) is 6.54 Å². The number of rotatable bonds is 4. The molecule has 4 nitrogen and oxygen atoms in total. The van der Waals surface area contributed by atoms with E-state index in [1.165, 1.54) is 0 Å². The quantitative estimate of drug-likeness (QED) is 0.744. The molecule has 0 atom stereocenters. The van der Waals surface area contributed by atoms with Crippen LogP contribution in [-0.4, -0.2) is 27.4 Å². The molecular weight excluding hydrogens is 164 g/mol. The first-order chi connectivity index (χ1) is 6.09. The highest BCUT2D eigenvalue weighted by Crippen LogP contribution is 1.95. The van der Waals surface area contributed by atoms with E-state index in [2.05, 4.69) is 29.2 Å². The van der Waals surface area contributed by atoms with Gasteiger partial charge in [0.25, 0.3) is 0 Å². The van der Waals surface area contributed by atoms with Crippen LogP contribution in [0, 0.1) is 6.92 Å². The van der Waals surface area contributed by atoms with Gasteiger partial charge in [-0.05, 0) is 6.92 Å². The number of hydrogen-bond acceptors (Lipinski definition) is 3. The lowest BCUT2D eigenvalue weighted by Gasteiger charge is -2.06. The van der Waals surface area contributed by atoms with Crippen LogP contribution in [0.2, 0.25) is 0 Å². The monoisotopic (exact) mass is 182 g/mol. The first kappa shape index (κ1) is 10.2. The predicted molar refractivity (Wildman–Crippen MR) is 52.6 cm³/mol. The topological polar surface area (TPSA) is 42.7 Å². The second kappa shape index (κ2) is 4.37. The van der Waals surface area contributed by atoms with E-state index in [-0.39, 0.29) is 0 Å². The lowest BCUT2D eigenvalue weighted by Crippen LogP contribution is -2.25. The maximum absolute atomic E-state index is 4.32. The molecule has 0 spiro atoms. The highest BCUT2D eigenvalue weighted by atomic mass is 15.3. The van der Waals surface area contributed by atoms with Gasteiger partial charge in [0.1, 0.15) is 11.6 Å². The normalized spacial score (nSPS) is 11.2. The molecule has 0 radical (unpaired) electrons. The molecule has 13 heavy (non-hydrogen) atoms. The largest absolute Gasteiger partial charge is 0.314 e. The number of aryl methyl sites for hydroxylation is 2. The highest BCUT2D eigenvalue weighted by molar-refractivity contribution is 4.90. The zero-order valence-corrected chi connectivity index (χ0v) is 8.83. The van der Waals surface area contributed by atoms with Crippen LogP contribution in [-0.2, 0) is 13.5 Å². The van der Waals surface area contributed by atoms with E-state index < -0.39 is 0 Å². The van der Waals surface area contributed by atoms with Gasteiger partial charge in [-0.15, -0.1) is 0 Å². The minimum absolute atomic E-state index is 0.536. The molecule has 0 amide bonds. The molecule has 0 saturated carbocycles. The third-order valence-electron chi connectivity index (χ3n) is 1.86. The van der Waals surface area contributed by atoms with Crippen LogP contribution in [0.3, 0.4) is 0 Å². The van der Waals surface area contributed by atoms with Crippen molar-refractivity contribution in [2.45, 2.75) is 33.2 Å². The van der Waals surface area contributed by atoms with Crippen molar-refractivity contribution in [3.63, 3.8) is 0 Å². The zero-order chi connectivity index (χ0) is 9.84. The summed E-state index contributed by atoms with van der Waals surface area (Å²) in [7, 11) is 1.94. The van der Waals surface area contributed by atoms with Gasteiger partial charge in [0.15, 0.2) is 0 Å². The van der Waals surface area contributed by atoms with Gasteiger partial charge in [-0.2, -0.15) is 5.10 Å². The molecule has 4 heteroatoms. The van der Waals surface area contributed by atoms with Crippen molar-refractivity contribution < 1.29 is 0 Å². The lowest BCUT2D eigenvalue weighted by atomic mass is 10.3. The van der Waals surface area contributed by atoms with Crippen molar-refractivity contribution in [3.8, 4) is 0 Å². The van der Waals surface area contributed by atoms with Crippen molar-refractivity contribution >= 4 is 0 Å². The molecule has 0 aromatic carbocycles. The van der Waals surface area contributed by atoms with Gasteiger partial charge < -0.3 is 5.32 Å². The van der Waals surface area contributed by atoms with Crippen LogP contribution in [0.25, 0.3) is 0 Å². The number of nitrogens with one attached hydrogen (secondary N) is 1. The third kappa shape index (κ3) is 3.14. The fourth-order valence-corrected chi connectivity index (χ4v) is 1.25. The fourth-order valence-electron chi connectivity index (χ4n) is 1.25. The van der Waals surface area contributed by atoms with Crippen LogP contribution in [0.15, 0.2) is 0 Å². The summed E-state index contributed by atoms with van der Waals surface area (Å²) < 4.78 is 1.84. The predicted octanol–water partition coefficient (Wildman–Crippen LogP) is 0.664. The summed E-state index contributed by atoms with van der Waals surface area (Å²) in [6, 6.07) is 0.536. The molecule has 0 aliphatic rings. The molecule has 0 fully saturated rings. The molecule has 0 aliphatic carbocycles. The molecule has 0 aliphatic heterocycles. The van der Waals surface area contributed by atoms with Gasteiger partial charge in [-0.1, -0.05) is 13.8 Å².